The van der Waals surface area contributed by atoms with Crippen LogP contribution in [0.15, 0.2) is 83.8 Å². The summed E-state index contributed by atoms with van der Waals surface area (Å²) in [4.78, 5) is 28.5. The van der Waals surface area contributed by atoms with Gasteiger partial charge in [-0.25, -0.2) is 0 Å². The van der Waals surface area contributed by atoms with Crippen LogP contribution in [0, 0.1) is 0 Å². The minimum absolute atomic E-state index is 0.00583. The number of nitrogens with zero attached hydrogens (tertiary/aromatic N) is 1. The molecule has 1 heterocycles. The number of hydrogen-bond acceptors (Lipinski definition) is 4. The van der Waals surface area contributed by atoms with Crippen molar-refractivity contribution in [3.63, 3.8) is 0 Å². The smallest absolute Gasteiger partial charge is 0.244 e. The number of nitrogens with one attached hydrogen (secondary N) is 1. The maximum absolute atomic E-state index is 13.2. The molecule has 1 atom stereocenters. The van der Waals surface area contributed by atoms with E-state index < -0.39 is 0 Å². The number of benzene rings is 3. The molecule has 4 rings (SSSR count). The highest BCUT2D eigenvalue weighted by Crippen LogP contribution is 2.45. The number of carbonyl (C=O) groups excluding carboxylic acids is 2. The van der Waals surface area contributed by atoms with Crippen molar-refractivity contribution in [3.8, 4) is 5.75 Å². The molecular formula is C24H22N2O3S. The summed E-state index contributed by atoms with van der Waals surface area (Å²) >= 11 is 1.66. The van der Waals surface area contributed by atoms with E-state index in [0.717, 1.165) is 16.1 Å². The number of thioether (sulfide) groups is 1. The minimum Gasteiger partial charge on any atom is -0.497 e. The van der Waals surface area contributed by atoms with Gasteiger partial charge in [0.25, 0.3) is 0 Å². The van der Waals surface area contributed by atoms with Gasteiger partial charge in [-0.3, -0.25) is 9.59 Å². The van der Waals surface area contributed by atoms with Crippen LogP contribution in [-0.2, 0) is 9.59 Å². The Morgan fingerprint density at radius 3 is 2.63 bits per heavy atom. The third-order valence-corrected chi connectivity index (χ3v) is 6.24. The van der Waals surface area contributed by atoms with Gasteiger partial charge in [-0.05, 0) is 29.8 Å². The number of rotatable bonds is 5. The summed E-state index contributed by atoms with van der Waals surface area (Å²) in [6.45, 7) is -0.0465. The van der Waals surface area contributed by atoms with Gasteiger partial charge in [0.2, 0.25) is 11.8 Å². The number of para-hydroxylation sites is 1. The maximum Gasteiger partial charge on any atom is 0.244 e. The molecule has 0 radical (unpaired) electrons. The van der Waals surface area contributed by atoms with Gasteiger partial charge in [-0.15, -0.1) is 11.8 Å². The molecule has 0 saturated carbocycles. The molecule has 5 nitrogen and oxygen atoms in total. The summed E-state index contributed by atoms with van der Waals surface area (Å²) in [5.74, 6) is 0.336. The molecule has 3 aromatic carbocycles. The average molecular weight is 419 g/mol. The first-order valence-electron chi connectivity index (χ1n) is 9.69. The Balaban J connectivity index is 1.57. The standard InChI is InChI=1S/C24H22N2O3S/c1-29-19-11-7-10-18(14-19)25-23(27)16-26-20-12-5-6-13-21(20)30-22(15-24(26)28)17-8-3-2-4-9-17/h2-14,22H,15-16H2,1H3,(H,25,27)/t22-/m1/s1. The fraction of sp³-hybridized carbons (Fsp3) is 0.167. The van der Waals surface area contributed by atoms with Crippen LogP contribution in [-0.4, -0.2) is 25.5 Å². The van der Waals surface area contributed by atoms with Crippen molar-refractivity contribution >= 4 is 35.0 Å². The van der Waals surface area contributed by atoms with Crippen molar-refractivity contribution in [2.75, 3.05) is 23.9 Å². The van der Waals surface area contributed by atoms with E-state index in [1.165, 1.54) is 0 Å². The highest BCUT2D eigenvalue weighted by Gasteiger charge is 2.30. The lowest BCUT2D eigenvalue weighted by atomic mass is 10.1. The van der Waals surface area contributed by atoms with Gasteiger partial charge in [0.1, 0.15) is 12.3 Å². The molecule has 1 aliphatic rings. The third kappa shape index (κ3) is 4.49. The lowest BCUT2D eigenvalue weighted by molar-refractivity contribution is -0.121. The molecule has 30 heavy (non-hydrogen) atoms. The van der Waals surface area contributed by atoms with Crippen LogP contribution in [0.4, 0.5) is 11.4 Å². The maximum atomic E-state index is 13.2. The van der Waals surface area contributed by atoms with Crippen molar-refractivity contribution in [2.24, 2.45) is 0 Å². The minimum atomic E-state index is -0.255. The first-order chi connectivity index (χ1) is 14.6. The Hall–Kier alpha value is -3.25. The van der Waals surface area contributed by atoms with Crippen molar-refractivity contribution in [2.45, 2.75) is 16.6 Å². The van der Waals surface area contributed by atoms with Crippen LogP contribution in [0.1, 0.15) is 17.2 Å². The first-order valence-corrected chi connectivity index (χ1v) is 10.6. The predicted molar refractivity (Wildman–Crippen MR) is 120 cm³/mol. The second-order valence-electron chi connectivity index (χ2n) is 6.95. The van der Waals surface area contributed by atoms with Crippen LogP contribution < -0.4 is 15.0 Å². The Morgan fingerprint density at radius 2 is 1.83 bits per heavy atom. The highest BCUT2D eigenvalue weighted by atomic mass is 32.2. The number of hydrogen-bond donors (Lipinski definition) is 1. The fourth-order valence-electron chi connectivity index (χ4n) is 3.45. The van der Waals surface area contributed by atoms with Gasteiger partial charge in [-0.1, -0.05) is 48.5 Å². The molecule has 1 N–H and O–H groups in total. The molecule has 3 aromatic rings. The normalized spacial score (nSPS) is 15.8. The van der Waals surface area contributed by atoms with Gasteiger partial charge in [0.05, 0.1) is 12.8 Å². The zero-order valence-electron chi connectivity index (χ0n) is 16.6. The molecule has 6 heteroatoms. The highest BCUT2D eigenvalue weighted by molar-refractivity contribution is 7.99. The number of anilines is 2. The van der Waals surface area contributed by atoms with Crippen molar-refractivity contribution in [3.05, 3.63) is 84.4 Å². The van der Waals surface area contributed by atoms with Crippen LogP contribution >= 0.6 is 11.8 Å². The summed E-state index contributed by atoms with van der Waals surface area (Å²) in [6.07, 6.45) is 0.329. The molecule has 0 aromatic heterocycles. The summed E-state index contributed by atoms with van der Waals surface area (Å²) in [7, 11) is 1.58. The second kappa shape index (κ2) is 9.05. The summed E-state index contributed by atoms with van der Waals surface area (Å²) in [5.41, 5.74) is 2.51. The van der Waals surface area contributed by atoms with Gasteiger partial charge in [0, 0.05) is 28.3 Å². The number of ether oxygens (including phenoxy) is 1. The summed E-state index contributed by atoms with van der Waals surface area (Å²) in [6, 6.07) is 24.9. The van der Waals surface area contributed by atoms with E-state index in [4.69, 9.17) is 4.74 Å². The van der Waals surface area contributed by atoms with E-state index in [1.807, 2.05) is 66.7 Å². The fourth-order valence-corrected chi connectivity index (χ4v) is 4.73. The average Bonchev–Trinajstić information content (AvgIpc) is 2.91. The third-order valence-electron chi connectivity index (χ3n) is 4.91. The molecular weight excluding hydrogens is 396 g/mol. The van der Waals surface area contributed by atoms with Crippen molar-refractivity contribution in [1.29, 1.82) is 0 Å². The number of amides is 2. The van der Waals surface area contributed by atoms with E-state index in [1.54, 1.807) is 35.9 Å². The number of methoxy groups -OCH3 is 1. The molecule has 1 aliphatic heterocycles. The molecule has 0 aliphatic carbocycles. The SMILES string of the molecule is COc1cccc(NC(=O)CN2C(=O)C[C@H](c3ccccc3)Sc3ccccc32)c1. The zero-order chi connectivity index (χ0) is 20.9. The lowest BCUT2D eigenvalue weighted by Crippen LogP contribution is -2.38. The van der Waals surface area contributed by atoms with Gasteiger partial charge < -0.3 is 15.0 Å². The molecule has 0 bridgehead atoms. The number of fused-ring (bicyclic) bond motifs is 1. The second-order valence-corrected chi connectivity index (χ2v) is 8.19. The van der Waals surface area contributed by atoms with Crippen LogP contribution in [0.5, 0.6) is 5.75 Å². The van der Waals surface area contributed by atoms with Gasteiger partial charge >= 0.3 is 0 Å². The Kier molecular flexibility index (Phi) is 6.05. The summed E-state index contributed by atoms with van der Waals surface area (Å²) in [5, 5.41) is 2.86. The van der Waals surface area contributed by atoms with Crippen LogP contribution in [0.2, 0.25) is 0 Å². The van der Waals surface area contributed by atoms with Gasteiger partial charge in [0.15, 0.2) is 0 Å². The van der Waals surface area contributed by atoms with Crippen LogP contribution in [0.3, 0.4) is 0 Å². The number of carbonyl (C=O) groups is 2. The van der Waals surface area contributed by atoms with E-state index >= 15 is 0 Å². The topological polar surface area (TPSA) is 58.6 Å². The molecule has 0 fully saturated rings. The summed E-state index contributed by atoms with van der Waals surface area (Å²) < 4.78 is 5.20. The Labute approximate surface area is 180 Å². The first kappa shape index (κ1) is 20.0. The molecule has 2 amide bonds. The van der Waals surface area contributed by atoms with E-state index in [0.29, 0.717) is 17.9 Å². The Morgan fingerprint density at radius 1 is 1.07 bits per heavy atom. The van der Waals surface area contributed by atoms with Gasteiger partial charge in [-0.2, -0.15) is 0 Å². The van der Waals surface area contributed by atoms with E-state index in [-0.39, 0.29) is 23.6 Å². The predicted octanol–water partition coefficient (Wildman–Crippen LogP) is 4.90. The zero-order valence-corrected chi connectivity index (χ0v) is 17.4. The molecule has 0 spiro atoms. The molecule has 152 valence electrons. The monoisotopic (exact) mass is 418 g/mol. The molecule has 0 unspecified atom stereocenters. The molecule has 0 saturated heterocycles. The Bertz CT molecular complexity index is 1060. The lowest BCUT2D eigenvalue weighted by Gasteiger charge is -2.22. The van der Waals surface area contributed by atoms with Crippen LogP contribution in [0.25, 0.3) is 0 Å². The van der Waals surface area contributed by atoms with E-state index in [9.17, 15) is 9.59 Å². The van der Waals surface area contributed by atoms with E-state index in [2.05, 4.69) is 5.32 Å². The largest absolute Gasteiger partial charge is 0.497 e. The van der Waals surface area contributed by atoms with Crippen molar-refractivity contribution < 1.29 is 14.3 Å². The van der Waals surface area contributed by atoms with Crippen molar-refractivity contribution in [1.82, 2.24) is 0 Å². The quantitative estimate of drug-likeness (QED) is 0.640.